The van der Waals surface area contributed by atoms with Gasteiger partial charge in [-0.25, -0.2) is 0 Å². The van der Waals surface area contributed by atoms with Gasteiger partial charge in [-0.05, 0) is 37.6 Å². The van der Waals surface area contributed by atoms with Gasteiger partial charge >= 0.3 is 0 Å². The molecule has 1 N–H and O–H groups in total. The maximum Gasteiger partial charge on any atom is 0.0704 e. The molecule has 0 aliphatic rings. The van der Waals surface area contributed by atoms with E-state index in [9.17, 15) is 0 Å². The van der Waals surface area contributed by atoms with Gasteiger partial charge in [0.15, 0.2) is 0 Å². The number of pyridine rings is 1. The number of aromatic nitrogens is 1. The Hall–Kier alpha value is -1.41. The van der Waals surface area contributed by atoms with Gasteiger partial charge in [0, 0.05) is 17.6 Å². The number of nitrogens with one attached hydrogen (secondary N) is 1. The van der Waals surface area contributed by atoms with Crippen LogP contribution >= 0.6 is 0 Å². The van der Waals surface area contributed by atoms with E-state index in [4.69, 9.17) is 0 Å². The Morgan fingerprint density at radius 3 is 2.79 bits per heavy atom. The van der Waals surface area contributed by atoms with Crippen LogP contribution in [-0.4, -0.2) is 18.1 Å². The van der Waals surface area contributed by atoms with E-state index in [0.717, 1.165) is 11.9 Å². The van der Waals surface area contributed by atoms with Crippen LogP contribution in [0.25, 0.3) is 10.9 Å². The molecule has 19 heavy (non-hydrogen) atoms. The molecule has 1 aromatic heterocycles. The molecule has 0 aliphatic carbocycles. The molecule has 1 unspecified atom stereocenters. The van der Waals surface area contributed by atoms with E-state index in [2.05, 4.69) is 54.6 Å². The van der Waals surface area contributed by atoms with Gasteiger partial charge in [-0.1, -0.05) is 44.4 Å². The number of nitrogens with zero attached hydrogens (tertiary/aromatic N) is 1. The van der Waals surface area contributed by atoms with Gasteiger partial charge in [-0.2, -0.15) is 0 Å². The van der Waals surface area contributed by atoms with E-state index in [0.29, 0.717) is 6.04 Å². The number of para-hydroxylation sites is 1. The van der Waals surface area contributed by atoms with Crippen molar-refractivity contribution >= 4 is 10.9 Å². The maximum atomic E-state index is 4.43. The summed E-state index contributed by atoms with van der Waals surface area (Å²) in [5.41, 5.74) is 2.50. The van der Waals surface area contributed by atoms with Crippen molar-refractivity contribution in [2.75, 3.05) is 7.05 Å². The van der Waals surface area contributed by atoms with Crippen LogP contribution in [-0.2, 0) is 6.42 Å². The van der Waals surface area contributed by atoms with Crippen molar-refractivity contribution in [2.45, 2.75) is 45.1 Å². The Bertz CT molecular complexity index is 502. The van der Waals surface area contributed by atoms with E-state index in [1.807, 2.05) is 6.20 Å². The summed E-state index contributed by atoms with van der Waals surface area (Å²) in [5, 5.41) is 4.75. The standard InChI is InChI=1S/C17H24N2/c1-3-4-5-8-15(18-2)13-14-11-12-19-17-10-7-6-9-16(14)17/h6-7,9-12,15,18H,3-5,8,13H2,1-2H3. The van der Waals surface area contributed by atoms with Crippen molar-refractivity contribution in [1.29, 1.82) is 0 Å². The Labute approximate surface area is 116 Å². The van der Waals surface area contributed by atoms with Crippen molar-refractivity contribution in [3.05, 3.63) is 42.1 Å². The Morgan fingerprint density at radius 1 is 1.16 bits per heavy atom. The van der Waals surface area contributed by atoms with Crippen LogP contribution in [0.4, 0.5) is 0 Å². The Morgan fingerprint density at radius 2 is 2.00 bits per heavy atom. The van der Waals surface area contributed by atoms with E-state index in [1.54, 1.807) is 0 Å². The summed E-state index contributed by atoms with van der Waals surface area (Å²) in [5.74, 6) is 0. The van der Waals surface area contributed by atoms with E-state index in [-0.39, 0.29) is 0 Å². The molecule has 0 radical (unpaired) electrons. The van der Waals surface area contributed by atoms with Gasteiger partial charge in [0.1, 0.15) is 0 Å². The van der Waals surface area contributed by atoms with Crippen molar-refractivity contribution in [1.82, 2.24) is 10.3 Å². The van der Waals surface area contributed by atoms with Gasteiger partial charge in [-0.3, -0.25) is 4.98 Å². The average molecular weight is 256 g/mol. The van der Waals surface area contributed by atoms with Gasteiger partial charge < -0.3 is 5.32 Å². The van der Waals surface area contributed by atoms with Gasteiger partial charge in [0.25, 0.3) is 0 Å². The van der Waals surface area contributed by atoms with Crippen LogP contribution in [0, 0.1) is 0 Å². The molecule has 2 rings (SSSR count). The summed E-state index contributed by atoms with van der Waals surface area (Å²) in [6.45, 7) is 2.25. The second-order valence-corrected chi connectivity index (χ2v) is 5.17. The predicted octanol–water partition coefficient (Wildman–Crippen LogP) is 3.95. The first-order valence-electron chi connectivity index (χ1n) is 7.35. The molecule has 0 amide bonds. The van der Waals surface area contributed by atoms with Gasteiger partial charge in [0.05, 0.1) is 5.52 Å². The molecule has 1 heterocycles. The molecule has 0 bridgehead atoms. The van der Waals surface area contributed by atoms with Crippen LogP contribution < -0.4 is 5.32 Å². The molecule has 2 heteroatoms. The molecule has 0 spiro atoms. The summed E-state index contributed by atoms with van der Waals surface area (Å²) in [7, 11) is 2.07. The lowest BCUT2D eigenvalue weighted by Crippen LogP contribution is -2.27. The lowest BCUT2D eigenvalue weighted by atomic mass is 9.98. The first kappa shape index (κ1) is 14.0. The fourth-order valence-electron chi connectivity index (χ4n) is 2.59. The number of benzene rings is 1. The van der Waals surface area contributed by atoms with Crippen molar-refractivity contribution in [2.24, 2.45) is 0 Å². The summed E-state index contributed by atoms with van der Waals surface area (Å²) in [4.78, 5) is 4.43. The lowest BCUT2D eigenvalue weighted by Gasteiger charge is -2.17. The van der Waals surface area contributed by atoms with E-state index >= 15 is 0 Å². The number of rotatable bonds is 7. The highest BCUT2D eigenvalue weighted by atomic mass is 14.9. The number of likely N-dealkylation sites (N-methyl/N-ethyl adjacent to an activating group) is 1. The topological polar surface area (TPSA) is 24.9 Å². The maximum absolute atomic E-state index is 4.43. The zero-order chi connectivity index (χ0) is 13.5. The first-order valence-corrected chi connectivity index (χ1v) is 7.35. The highest BCUT2D eigenvalue weighted by Gasteiger charge is 2.09. The third-order valence-corrected chi connectivity index (χ3v) is 3.77. The number of hydrogen-bond donors (Lipinski definition) is 1. The second-order valence-electron chi connectivity index (χ2n) is 5.17. The molecule has 0 saturated carbocycles. The third-order valence-electron chi connectivity index (χ3n) is 3.77. The first-order chi connectivity index (χ1) is 9.35. The lowest BCUT2D eigenvalue weighted by molar-refractivity contribution is 0.491. The molecular weight excluding hydrogens is 232 g/mol. The predicted molar refractivity (Wildman–Crippen MR) is 82.4 cm³/mol. The zero-order valence-corrected chi connectivity index (χ0v) is 12.0. The Balaban J connectivity index is 2.10. The second kappa shape index (κ2) is 7.25. The summed E-state index contributed by atoms with van der Waals surface area (Å²) in [6.07, 6.45) is 8.19. The molecule has 102 valence electrons. The summed E-state index contributed by atoms with van der Waals surface area (Å²) < 4.78 is 0. The van der Waals surface area contributed by atoms with Gasteiger partial charge in [0.2, 0.25) is 0 Å². The number of unbranched alkanes of at least 4 members (excludes halogenated alkanes) is 2. The summed E-state index contributed by atoms with van der Waals surface area (Å²) in [6, 6.07) is 11.1. The minimum atomic E-state index is 0.567. The van der Waals surface area contributed by atoms with Gasteiger partial charge in [-0.15, -0.1) is 0 Å². The summed E-state index contributed by atoms with van der Waals surface area (Å²) >= 11 is 0. The third kappa shape index (κ3) is 3.77. The smallest absolute Gasteiger partial charge is 0.0704 e. The monoisotopic (exact) mass is 256 g/mol. The van der Waals surface area contributed by atoms with Crippen molar-refractivity contribution < 1.29 is 0 Å². The fraction of sp³-hybridized carbons (Fsp3) is 0.471. The van der Waals surface area contributed by atoms with E-state index in [1.165, 1.54) is 36.6 Å². The minimum absolute atomic E-state index is 0.567. The molecule has 2 nitrogen and oxygen atoms in total. The SMILES string of the molecule is CCCCCC(Cc1ccnc2ccccc12)NC. The average Bonchev–Trinajstić information content (AvgIpc) is 2.46. The van der Waals surface area contributed by atoms with Crippen LogP contribution in [0.3, 0.4) is 0 Å². The minimum Gasteiger partial charge on any atom is -0.317 e. The van der Waals surface area contributed by atoms with Crippen LogP contribution in [0.2, 0.25) is 0 Å². The molecule has 2 aromatic rings. The molecule has 0 aliphatic heterocycles. The number of fused-ring (bicyclic) bond motifs is 1. The van der Waals surface area contributed by atoms with Crippen molar-refractivity contribution in [3.8, 4) is 0 Å². The molecule has 1 aromatic carbocycles. The highest BCUT2D eigenvalue weighted by molar-refractivity contribution is 5.81. The Kier molecular flexibility index (Phi) is 5.34. The van der Waals surface area contributed by atoms with Crippen LogP contribution in [0.15, 0.2) is 36.5 Å². The number of hydrogen-bond acceptors (Lipinski definition) is 2. The highest BCUT2D eigenvalue weighted by Crippen LogP contribution is 2.19. The largest absolute Gasteiger partial charge is 0.317 e. The molecule has 0 saturated heterocycles. The molecule has 0 fully saturated rings. The zero-order valence-electron chi connectivity index (χ0n) is 12.0. The van der Waals surface area contributed by atoms with Crippen LogP contribution in [0.5, 0.6) is 0 Å². The fourth-order valence-corrected chi connectivity index (χ4v) is 2.59. The molecular formula is C17H24N2. The van der Waals surface area contributed by atoms with Crippen LogP contribution in [0.1, 0.15) is 38.2 Å². The normalized spacial score (nSPS) is 12.7. The quantitative estimate of drug-likeness (QED) is 0.759. The molecule has 1 atom stereocenters. The van der Waals surface area contributed by atoms with Crippen molar-refractivity contribution in [3.63, 3.8) is 0 Å². The van der Waals surface area contributed by atoms with E-state index < -0.39 is 0 Å².